The molecule has 9 heteroatoms. The third-order valence-electron chi connectivity index (χ3n) is 4.17. The van der Waals surface area contributed by atoms with E-state index < -0.39 is 36.8 Å². The van der Waals surface area contributed by atoms with Crippen LogP contribution in [0.25, 0.3) is 0 Å². The van der Waals surface area contributed by atoms with Gasteiger partial charge in [-0.3, -0.25) is 4.57 Å². The van der Waals surface area contributed by atoms with Crippen LogP contribution in [0.15, 0.2) is 11.0 Å². The monoisotopic (exact) mass is 338 g/mol. The van der Waals surface area contributed by atoms with Crippen LogP contribution in [-0.4, -0.2) is 49.8 Å². The maximum atomic E-state index is 12.1. The van der Waals surface area contributed by atoms with E-state index in [0.29, 0.717) is 24.8 Å². The minimum Gasteiger partial charge on any atom is -0.394 e. The number of anilines is 1. The van der Waals surface area contributed by atoms with Crippen LogP contribution >= 0.6 is 0 Å². The molecule has 2 rings (SSSR count). The number of nitrogens with zero attached hydrogens (tertiary/aromatic N) is 3. The number of nitrogens with two attached hydrogens (primary N) is 1. The van der Waals surface area contributed by atoms with Gasteiger partial charge in [-0.25, -0.2) is 4.79 Å². The first kappa shape index (κ1) is 18.4. The molecule has 1 saturated heterocycles. The zero-order valence-corrected chi connectivity index (χ0v) is 13.4. The molecule has 9 nitrogen and oxygen atoms in total. The molecule has 1 aromatic rings. The fourth-order valence-electron chi connectivity index (χ4n) is 2.76. The molecule has 1 aliphatic rings. The number of nitriles is 1. The molecular weight excluding hydrogens is 316 g/mol. The van der Waals surface area contributed by atoms with Gasteiger partial charge in [0, 0.05) is 18.2 Å². The molecule has 0 amide bonds. The fraction of sp³-hybridized carbons (Fsp3) is 0.667. The molecule has 24 heavy (non-hydrogen) atoms. The molecule has 2 heterocycles. The summed E-state index contributed by atoms with van der Waals surface area (Å²) in [5, 5.41) is 37.7. The summed E-state index contributed by atoms with van der Waals surface area (Å²) in [6, 6.07) is 2.08. The summed E-state index contributed by atoms with van der Waals surface area (Å²) >= 11 is 0. The van der Waals surface area contributed by atoms with Crippen molar-refractivity contribution >= 4 is 5.82 Å². The molecule has 1 fully saturated rings. The Morgan fingerprint density at radius 3 is 2.79 bits per heavy atom. The Morgan fingerprint density at radius 2 is 2.21 bits per heavy atom. The summed E-state index contributed by atoms with van der Waals surface area (Å²) < 4.78 is 6.43. The van der Waals surface area contributed by atoms with Crippen LogP contribution in [0.5, 0.6) is 0 Å². The second-order valence-electron chi connectivity index (χ2n) is 6.08. The van der Waals surface area contributed by atoms with Crippen molar-refractivity contribution in [2.75, 3.05) is 12.3 Å². The van der Waals surface area contributed by atoms with Crippen LogP contribution in [-0.2, 0) is 11.2 Å². The first-order valence-corrected chi connectivity index (χ1v) is 7.76. The zero-order valence-electron chi connectivity index (χ0n) is 13.4. The number of aromatic nitrogens is 2. The van der Waals surface area contributed by atoms with Gasteiger partial charge in [0.2, 0.25) is 0 Å². The van der Waals surface area contributed by atoms with Gasteiger partial charge in [0.05, 0.1) is 12.7 Å². The number of hydrogen-bond donors (Lipinski definition) is 4. The van der Waals surface area contributed by atoms with E-state index in [1.54, 1.807) is 0 Å². The van der Waals surface area contributed by atoms with Crippen LogP contribution in [0.2, 0.25) is 0 Å². The summed E-state index contributed by atoms with van der Waals surface area (Å²) in [6.45, 7) is 1.47. The van der Waals surface area contributed by atoms with Crippen molar-refractivity contribution in [3.8, 4) is 6.07 Å². The molecule has 0 aliphatic carbocycles. The molecule has 5 atom stereocenters. The normalized spacial score (nSPS) is 27.8. The standard InChI is InChI=1S/C15H22N4O5/c1-8(3-2-4-16)5-9-6-19(15(23)18-13(9)17)14-12(22)11(21)10(7-20)24-14/h6,8,10-12,14,20-22H,2-3,5,7H2,1H3,(H2,17,18,23)/t8?,10-,11?,12?,14-/m1/s1. The van der Waals surface area contributed by atoms with E-state index in [1.807, 2.05) is 6.92 Å². The summed E-state index contributed by atoms with van der Waals surface area (Å²) in [6.07, 6.45) is -1.73. The van der Waals surface area contributed by atoms with Crippen molar-refractivity contribution < 1.29 is 20.1 Å². The Kier molecular flexibility index (Phi) is 5.90. The number of rotatable bonds is 6. The average Bonchev–Trinajstić information content (AvgIpc) is 2.83. The maximum absolute atomic E-state index is 12.1. The van der Waals surface area contributed by atoms with Crippen molar-refractivity contribution in [2.45, 2.75) is 50.7 Å². The van der Waals surface area contributed by atoms with Crippen LogP contribution in [0.1, 0.15) is 31.6 Å². The molecule has 3 unspecified atom stereocenters. The second-order valence-corrected chi connectivity index (χ2v) is 6.08. The predicted molar refractivity (Wildman–Crippen MR) is 83.6 cm³/mol. The van der Waals surface area contributed by atoms with Crippen LogP contribution in [0.4, 0.5) is 5.82 Å². The van der Waals surface area contributed by atoms with Crippen molar-refractivity contribution in [1.82, 2.24) is 9.55 Å². The van der Waals surface area contributed by atoms with E-state index >= 15 is 0 Å². The first-order chi connectivity index (χ1) is 11.4. The minimum atomic E-state index is -1.37. The van der Waals surface area contributed by atoms with Gasteiger partial charge in [-0.2, -0.15) is 10.2 Å². The highest BCUT2D eigenvalue weighted by atomic mass is 16.6. The van der Waals surface area contributed by atoms with Gasteiger partial charge in [0.15, 0.2) is 6.23 Å². The second kappa shape index (κ2) is 7.72. The Balaban J connectivity index is 2.27. The summed E-state index contributed by atoms with van der Waals surface area (Å²) in [4.78, 5) is 15.8. The van der Waals surface area contributed by atoms with Crippen LogP contribution < -0.4 is 11.4 Å². The Hall–Kier alpha value is -1.99. The number of aliphatic hydroxyl groups is 3. The van der Waals surface area contributed by atoms with E-state index in [2.05, 4.69) is 11.1 Å². The van der Waals surface area contributed by atoms with E-state index in [0.717, 1.165) is 4.57 Å². The van der Waals surface area contributed by atoms with Crippen LogP contribution in [0, 0.1) is 17.2 Å². The van der Waals surface area contributed by atoms with Gasteiger partial charge in [-0.05, 0) is 18.8 Å². The van der Waals surface area contributed by atoms with Gasteiger partial charge in [0.25, 0.3) is 0 Å². The Morgan fingerprint density at radius 1 is 1.50 bits per heavy atom. The van der Waals surface area contributed by atoms with E-state index in [1.165, 1.54) is 6.20 Å². The first-order valence-electron chi connectivity index (χ1n) is 7.76. The highest BCUT2D eigenvalue weighted by Crippen LogP contribution is 2.29. The lowest BCUT2D eigenvalue weighted by molar-refractivity contribution is -0.0550. The van der Waals surface area contributed by atoms with Crippen molar-refractivity contribution in [2.24, 2.45) is 5.92 Å². The third-order valence-corrected chi connectivity index (χ3v) is 4.17. The average molecular weight is 338 g/mol. The largest absolute Gasteiger partial charge is 0.394 e. The molecule has 0 radical (unpaired) electrons. The molecule has 0 spiro atoms. The summed E-state index contributed by atoms with van der Waals surface area (Å²) in [5.74, 6) is 0.247. The van der Waals surface area contributed by atoms with E-state index in [9.17, 15) is 15.0 Å². The van der Waals surface area contributed by atoms with Crippen molar-refractivity contribution in [3.05, 3.63) is 22.2 Å². The fourth-order valence-corrected chi connectivity index (χ4v) is 2.76. The van der Waals surface area contributed by atoms with E-state index in [4.69, 9.17) is 20.8 Å². The Bertz CT molecular complexity index is 671. The maximum Gasteiger partial charge on any atom is 0.351 e. The smallest absolute Gasteiger partial charge is 0.351 e. The highest BCUT2D eigenvalue weighted by Gasteiger charge is 2.43. The predicted octanol–water partition coefficient (Wildman–Crippen LogP) is -1.08. The summed E-state index contributed by atoms with van der Waals surface area (Å²) in [7, 11) is 0. The lowest BCUT2D eigenvalue weighted by atomic mass is 9.98. The lowest BCUT2D eigenvalue weighted by Gasteiger charge is -2.19. The Labute approximate surface area is 138 Å². The molecular formula is C15H22N4O5. The quantitative estimate of drug-likeness (QED) is 0.510. The molecule has 1 aliphatic heterocycles. The molecule has 0 bridgehead atoms. The molecule has 1 aromatic heterocycles. The van der Waals surface area contributed by atoms with Gasteiger partial charge < -0.3 is 25.8 Å². The van der Waals surface area contributed by atoms with Gasteiger partial charge in [-0.15, -0.1) is 0 Å². The zero-order chi connectivity index (χ0) is 17.9. The van der Waals surface area contributed by atoms with Gasteiger partial charge in [-0.1, -0.05) is 6.92 Å². The highest BCUT2D eigenvalue weighted by molar-refractivity contribution is 5.37. The minimum absolute atomic E-state index is 0.0896. The molecule has 0 saturated carbocycles. The van der Waals surface area contributed by atoms with E-state index in [-0.39, 0.29) is 11.7 Å². The van der Waals surface area contributed by atoms with Crippen LogP contribution in [0.3, 0.4) is 0 Å². The lowest BCUT2D eigenvalue weighted by Crippen LogP contribution is -2.36. The summed E-state index contributed by atoms with van der Waals surface area (Å²) in [5.41, 5.74) is 5.68. The van der Waals surface area contributed by atoms with Crippen molar-refractivity contribution in [3.63, 3.8) is 0 Å². The van der Waals surface area contributed by atoms with Gasteiger partial charge >= 0.3 is 5.69 Å². The number of ether oxygens (including phenoxy) is 1. The number of aliphatic hydroxyl groups excluding tert-OH is 3. The molecule has 0 aromatic carbocycles. The van der Waals surface area contributed by atoms with Crippen molar-refractivity contribution in [1.29, 1.82) is 5.26 Å². The number of nitrogen functional groups attached to an aromatic ring is 1. The molecule has 132 valence electrons. The third kappa shape index (κ3) is 3.73. The van der Waals surface area contributed by atoms with Gasteiger partial charge in [0.1, 0.15) is 24.1 Å². The SMILES string of the molecule is CC(CCC#N)Cc1cn([C@@H]2O[C@H](CO)C(O)C2O)c(=O)nc1N. The topological polar surface area (TPSA) is 155 Å². The molecule has 5 N–H and O–H groups in total. The number of hydrogen-bond acceptors (Lipinski definition) is 8.